The first-order valence-corrected chi connectivity index (χ1v) is 9.46. The molecule has 2 rings (SSSR count). The van der Waals surface area contributed by atoms with Crippen LogP contribution in [0, 0.1) is 12.8 Å². The summed E-state index contributed by atoms with van der Waals surface area (Å²) < 4.78 is 16.4. The van der Waals surface area contributed by atoms with E-state index in [4.69, 9.17) is 14.2 Å². The third kappa shape index (κ3) is 7.22. The molecule has 0 aliphatic carbocycles. The van der Waals surface area contributed by atoms with Crippen LogP contribution in [0.4, 0.5) is 0 Å². The molecule has 1 atom stereocenters. The third-order valence-corrected chi connectivity index (χ3v) is 4.54. The highest BCUT2D eigenvalue weighted by Gasteiger charge is 2.15. The fraction of sp³-hybridized carbons (Fsp3) is 0.650. The zero-order valence-corrected chi connectivity index (χ0v) is 16.3. The van der Waals surface area contributed by atoms with Gasteiger partial charge in [0.1, 0.15) is 5.75 Å². The van der Waals surface area contributed by atoms with Crippen molar-refractivity contribution in [2.75, 3.05) is 53.7 Å². The number of nitrogens with zero attached hydrogens (tertiary/aromatic N) is 1. The Balaban J connectivity index is 1.56. The van der Waals surface area contributed by atoms with Crippen LogP contribution in [0.2, 0.25) is 0 Å². The van der Waals surface area contributed by atoms with Gasteiger partial charge in [-0.1, -0.05) is 12.1 Å². The van der Waals surface area contributed by atoms with Gasteiger partial charge >= 0.3 is 0 Å². The second-order valence-electron chi connectivity index (χ2n) is 6.64. The van der Waals surface area contributed by atoms with E-state index in [2.05, 4.69) is 40.7 Å². The molecule has 0 aromatic heterocycles. The van der Waals surface area contributed by atoms with E-state index in [9.17, 15) is 0 Å². The van der Waals surface area contributed by atoms with Crippen molar-refractivity contribution in [3.05, 3.63) is 29.3 Å². The monoisotopic (exact) mass is 363 g/mol. The zero-order chi connectivity index (χ0) is 18.6. The van der Waals surface area contributed by atoms with Crippen molar-refractivity contribution < 1.29 is 14.2 Å². The van der Waals surface area contributed by atoms with Gasteiger partial charge in [-0.05, 0) is 43.4 Å². The van der Waals surface area contributed by atoms with Crippen molar-refractivity contribution in [3.63, 3.8) is 0 Å². The number of aryl methyl sites for hydroxylation is 1. The van der Waals surface area contributed by atoms with Crippen LogP contribution < -0.4 is 15.4 Å². The van der Waals surface area contributed by atoms with Crippen molar-refractivity contribution in [3.8, 4) is 5.75 Å². The average molecular weight is 364 g/mol. The molecule has 146 valence electrons. The minimum Gasteiger partial charge on any atom is -0.496 e. The summed E-state index contributed by atoms with van der Waals surface area (Å²) in [5.41, 5.74) is 2.41. The molecule has 0 spiro atoms. The molecule has 1 aromatic rings. The van der Waals surface area contributed by atoms with E-state index in [0.717, 1.165) is 76.1 Å². The van der Waals surface area contributed by atoms with E-state index in [1.807, 2.05) is 0 Å². The normalized spacial score (nSPS) is 17.3. The Hall–Kier alpha value is -1.79. The Morgan fingerprint density at radius 2 is 2.15 bits per heavy atom. The van der Waals surface area contributed by atoms with Crippen molar-refractivity contribution >= 4 is 5.96 Å². The SMILES string of the molecule is CN=C(NCCCOCC1CCOC1)NCCc1ccc(C)c(OC)c1. The van der Waals surface area contributed by atoms with E-state index >= 15 is 0 Å². The van der Waals surface area contributed by atoms with E-state index in [1.54, 1.807) is 14.2 Å². The van der Waals surface area contributed by atoms with Gasteiger partial charge in [-0.15, -0.1) is 0 Å². The highest BCUT2D eigenvalue weighted by atomic mass is 16.5. The Kier molecular flexibility index (Phi) is 9.28. The molecule has 1 aromatic carbocycles. The predicted molar refractivity (Wildman–Crippen MR) is 105 cm³/mol. The molecule has 0 bridgehead atoms. The van der Waals surface area contributed by atoms with Gasteiger partial charge in [0, 0.05) is 39.3 Å². The lowest BCUT2D eigenvalue weighted by Gasteiger charge is -2.13. The first-order chi connectivity index (χ1) is 12.7. The number of nitrogens with one attached hydrogen (secondary N) is 2. The number of hydrogen-bond donors (Lipinski definition) is 2. The second-order valence-corrected chi connectivity index (χ2v) is 6.64. The van der Waals surface area contributed by atoms with Crippen molar-refractivity contribution in [1.29, 1.82) is 0 Å². The van der Waals surface area contributed by atoms with Gasteiger partial charge in [0.15, 0.2) is 5.96 Å². The van der Waals surface area contributed by atoms with Gasteiger partial charge < -0.3 is 24.8 Å². The van der Waals surface area contributed by atoms with Crippen LogP contribution in [-0.2, 0) is 15.9 Å². The van der Waals surface area contributed by atoms with Crippen LogP contribution in [0.3, 0.4) is 0 Å². The lowest BCUT2D eigenvalue weighted by molar-refractivity contribution is 0.0888. The average Bonchev–Trinajstić information content (AvgIpc) is 3.17. The maximum absolute atomic E-state index is 5.71. The number of benzene rings is 1. The molecule has 6 heteroatoms. The topological polar surface area (TPSA) is 64.1 Å². The lowest BCUT2D eigenvalue weighted by atomic mass is 10.1. The molecular formula is C20H33N3O3. The zero-order valence-electron chi connectivity index (χ0n) is 16.3. The van der Waals surface area contributed by atoms with E-state index in [1.165, 1.54) is 5.56 Å². The molecule has 6 nitrogen and oxygen atoms in total. The molecule has 1 fully saturated rings. The molecule has 1 unspecified atom stereocenters. The number of rotatable bonds is 10. The number of methoxy groups -OCH3 is 1. The fourth-order valence-electron chi connectivity index (χ4n) is 2.91. The van der Waals surface area contributed by atoms with Gasteiger partial charge in [-0.2, -0.15) is 0 Å². The maximum atomic E-state index is 5.71. The summed E-state index contributed by atoms with van der Waals surface area (Å²) in [5, 5.41) is 6.67. The number of guanidine groups is 1. The van der Waals surface area contributed by atoms with Crippen molar-refractivity contribution in [2.24, 2.45) is 10.9 Å². The molecule has 2 N–H and O–H groups in total. The van der Waals surface area contributed by atoms with Crippen LogP contribution in [0.25, 0.3) is 0 Å². The number of ether oxygens (including phenoxy) is 3. The molecule has 0 radical (unpaired) electrons. The van der Waals surface area contributed by atoms with Crippen LogP contribution in [0.15, 0.2) is 23.2 Å². The molecule has 0 amide bonds. The first-order valence-electron chi connectivity index (χ1n) is 9.46. The van der Waals surface area contributed by atoms with Crippen LogP contribution >= 0.6 is 0 Å². The summed E-state index contributed by atoms with van der Waals surface area (Å²) in [4.78, 5) is 4.26. The Morgan fingerprint density at radius 3 is 2.88 bits per heavy atom. The minimum atomic E-state index is 0.581. The van der Waals surface area contributed by atoms with Crippen LogP contribution in [0.5, 0.6) is 5.75 Å². The first kappa shape index (κ1) is 20.5. The Bertz CT molecular complexity index is 557. The van der Waals surface area contributed by atoms with Crippen molar-refractivity contribution in [1.82, 2.24) is 10.6 Å². The second kappa shape index (κ2) is 11.8. The van der Waals surface area contributed by atoms with Gasteiger partial charge in [0.05, 0.1) is 20.3 Å². The molecule has 1 saturated heterocycles. The minimum absolute atomic E-state index is 0.581. The fourth-order valence-corrected chi connectivity index (χ4v) is 2.91. The highest BCUT2D eigenvalue weighted by Crippen LogP contribution is 2.19. The van der Waals surface area contributed by atoms with E-state index in [-0.39, 0.29) is 0 Å². The lowest BCUT2D eigenvalue weighted by Crippen LogP contribution is -2.39. The summed E-state index contributed by atoms with van der Waals surface area (Å²) in [7, 11) is 3.50. The summed E-state index contributed by atoms with van der Waals surface area (Å²) in [6, 6.07) is 6.33. The third-order valence-electron chi connectivity index (χ3n) is 4.54. The van der Waals surface area contributed by atoms with Crippen molar-refractivity contribution in [2.45, 2.75) is 26.2 Å². The Morgan fingerprint density at radius 1 is 1.31 bits per heavy atom. The molecule has 1 heterocycles. The quantitative estimate of drug-likeness (QED) is 0.379. The van der Waals surface area contributed by atoms with Crippen LogP contribution in [0.1, 0.15) is 24.0 Å². The molecule has 26 heavy (non-hydrogen) atoms. The Labute approximate surface area is 157 Å². The largest absolute Gasteiger partial charge is 0.496 e. The summed E-state index contributed by atoms with van der Waals surface area (Å²) in [6.45, 7) is 7.03. The maximum Gasteiger partial charge on any atom is 0.190 e. The summed E-state index contributed by atoms with van der Waals surface area (Å²) in [5.74, 6) is 2.35. The molecule has 1 aliphatic rings. The molecule has 0 saturated carbocycles. The van der Waals surface area contributed by atoms with Gasteiger partial charge in [-0.3, -0.25) is 4.99 Å². The standard InChI is InChI=1S/C20H33N3O3/c1-16-5-6-17(13-19(16)24-3)7-10-23-20(21-2)22-9-4-11-25-14-18-8-12-26-15-18/h5-6,13,18H,4,7-12,14-15H2,1-3H3,(H2,21,22,23). The van der Waals surface area contributed by atoms with Crippen LogP contribution in [-0.4, -0.2) is 59.6 Å². The van der Waals surface area contributed by atoms with E-state index < -0.39 is 0 Å². The highest BCUT2D eigenvalue weighted by molar-refractivity contribution is 5.79. The smallest absolute Gasteiger partial charge is 0.190 e. The van der Waals surface area contributed by atoms with Gasteiger partial charge in [-0.25, -0.2) is 0 Å². The van der Waals surface area contributed by atoms with Gasteiger partial charge in [0.25, 0.3) is 0 Å². The summed E-state index contributed by atoms with van der Waals surface area (Å²) >= 11 is 0. The molecular weight excluding hydrogens is 330 g/mol. The summed E-state index contributed by atoms with van der Waals surface area (Å²) in [6.07, 6.45) is 3.01. The predicted octanol–water partition coefficient (Wildman–Crippen LogP) is 2.15. The van der Waals surface area contributed by atoms with Gasteiger partial charge in [0.2, 0.25) is 0 Å². The number of hydrogen-bond acceptors (Lipinski definition) is 4. The van der Waals surface area contributed by atoms with E-state index in [0.29, 0.717) is 5.92 Å². The number of aliphatic imine (C=N–C) groups is 1. The molecule has 1 aliphatic heterocycles.